The predicted molar refractivity (Wildman–Crippen MR) is 64.5 cm³/mol. The van der Waals surface area contributed by atoms with Gasteiger partial charge in [-0.2, -0.15) is 31.3 Å². The molecule has 0 bridgehead atoms. The van der Waals surface area contributed by atoms with Gasteiger partial charge in [-0.3, -0.25) is 0 Å². The van der Waals surface area contributed by atoms with Crippen LogP contribution in [0.2, 0.25) is 0 Å². The van der Waals surface area contributed by atoms with Gasteiger partial charge in [0.1, 0.15) is 5.75 Å². The molecule has 0 aliphatic rings. The van der Waals surface area contributed by atoms with Gasteiger partial charge in [-0.25, -0.2) is 0 Å². The van der Waals surface area contributed by atoms with E-state index in [-0.39, 0.29) is 17.8 Å². The maximum absolute atomic E-state index is 12.7. The molecule has 1 aromatic heterocycles. The lowest BCUT2D eigenvalue weighted by molar-refractivity contribution is -0.143. The van der Waals surface area contributed by atoms with Gasteiger partial charge in [-0.1, -0.05) is 5.16 Å². The highest BCUT2D eigenvalue weighted by molar-refractivity contribution is 5.37. The quantitative estimate of drug-likeness (QED) is 0.769. The van der Waals surface area contributed by atoms with Gasteiger partial charge in [0.15, 0.2) is 11.9 Å². The normalized spacial score (nSPS) is 13.9. The molecule has 1 atom stereocenters. The highest BCUT2D eigenvalue weighted by atomic mass is 19.4. The highest BCUT2D eigenvalue weighted by Gasteiger charge is 2.37. The van der Waals surface area contributed by atoms with Crippen molar-refractivity contribution in [2.75, 3.05) is 0 Å². The molecule has 0 saturated heterocycles. The molecular weight excluding hydrogens is 330 g/mol. The Hall–Kier alpha value is -2.26. The maximum atomic E-state index is 12.7. The van der Waals surface area contributed by atoms with Crippen molar-refractivity contribution in [1.82, 2.24) is 10.1 Å². The van der Waals surface area contributed by atoms with Crippen LogP contribution in [-0.4, -0.2) is 10.1 Å². The number of nitrogens with zero attached hydrogens (tertiary/aromatic N) is 2. The van der Waals surface area contributed by atoms with Crippen molar-refractivity contribution in [2.45, 2.75) is 32.3 Å². The smallest absolute Gasteiger partial charge is 0.416 e. The molecule has 1 unspecified atom stereocenters. The second kappa shape index (κ2) is 5.74. The zero-order valence-corrected chi connectivity index (χ0v) is 11.8. The Bertz CT molecular complexity index is 660. The first kappa shape index (κ1) is 17.1. The summed E-state index contributed by atoms with van der Waals surface area (Å²) in [5.74, 6) is -0.403. The molecule has 4 nitrogen and oxygen atoms in total. The van der Waals surface area contributed by atoms with E-state index < -0.39 is 35.3 Å². The number of hydrogen-bond acceptors (Lipinski definition) is 4. The average molecular weight is 340 g/mol. The second-order valence-electron chi connectivity index (χ2n) is 4.68. The number of aromatic nitrogens is 2. The lowest BCUT2D eigenvalue weighted by Gasteiger charge is -2.16. The summed E-state index contributed by atoms with van der Waals surface area (Å²) in [6, 6.07) is 0.984. The molecule has 0 saturated carbocycles. The van der Waals surface area contributed by atoms with Crippen LogP contribution in [0.3, 0.4) is 0 Å². The Balaban J connectivity index is 2.37. The number of alkyl halides is 6. The van der Waals surface area contributed by atoms with Crippen molar-refractivity contribution in [2.24, 2.45) is 0 Å². The van der Waals surface area contributed by atoms with E-state index in [1.54, 1.807) is 0 Å². The van der Waals surface area contributed by atoms with Crippen LogP contribution in [0.1, 0.15) is 35.9 Å². The monoisotopic (exact) mass is 340 g/mol. The topological polar surface area (TPSA) is 48.2 Å². The largest absolute Gasteiger partial charge is 0.481 e. The van der Waals surface area contributed by atoms with E-state index in [4.69, 9.17) is 9.26 Å². The van der Waals surface area contributed by atoms with Crippen molar-refractivity contribution in [3.63, 3.8) is 0 Å². The van der Waals surface area contributed by atoms with E-state index in [1.165, 1.54) is 13.8 Å². The molecule has 2 aromatic rings. The minimum absolute atomic E-state index is 0.0222. The molecule has 0 N–H and O–H groups in total. The second-order valence-corrected chi connectivity index (χ2v) is 4.68. The molecule has 0 amide bonds. The fraction of sp³-hybridized carbons (Fsp3) is 0.385. The molecular formula is C13H10F6N2O2. The SMILES string of the molecule is Cc1noc(C(C)Oc2cc(C(F)(F)F)cc(C(F)(F)F)c2)n1. The summed E-state index contributed by atoms with van der Waals surface area (Å²) in [6.45, 7) is 2.87. The van der Waals surface area contributed by atoms with Crippen molar-refractivity contribution in [3.05, 3.63) is 41.0 Å². The lowest BCUT2D eigenvalue weighted by atomic mass is 10.1. The summed E-state index contributed by atoms with van der Waals surface area (Å²) in [5, 5.41) is 3.47. The van der Waals surface area contributed by atoms with Gasteiger partial charge in [-0.05, 0) is 32.0 Å². The predicted octanol–water partition coefficient (Wildman–Crippen LogP) is 4.56. The van der Waals surface area contributed by atoms with Gasteiger partial charge >= 0.3 is 12.4 Å². The summed E-state index contributed by atoms with van der Waals surface area (Å²) >= 11 is 0. The lowest BCUT2D eigenvalue weighted by Crippen LogP contribution is -2.12. The van der Waals surface area contributed by atoms with Crippen LogP contribution in [-0.2, 0) is 12.4 Å². The molecule has 0 spiro atoms. The Kier molecular flexibility index (Phi) is 4.27. The molecule has 0 radical (unpaired) electrons. The van der Waals surface area contributed by atoms with Crippen molar-refractivity contribution >= 4 is 0 Å². The third kappa shape index (κ3) is 4.14. The van der Waals surface area contributed by atoms with Gasteiger partial charge in [0.2, 0.25) is 0 Å². The molecule has 126 valence electrons. The number of halogens is 6. The molecule has 0 aliphatic heterocycles. The van der Waals surface area contributed by atoms with Crippen LogP contribution in [0.4, 0.5) is 26.3 Å². The Morgan fingerprint density at radius 2 is 1.52 bits per heavy atom. The van der Waals surface area contributed by atoms with Gasteiger partial charge < -0.3 is 9.26 Å². The van der Waals surface area contributed by atoms with Crippen molar-refractivity contribution < 1.29 is 35.6 Å². The van der Waals surface area contributed by atoms with E-state index >= 15 is 0 Å². The van der Waals surface area contributed by atoms with E-state index in [9.17, 15) is 26.3 Å². The average Bonchev–Trinajstić information content (AvgIpc) is 2.83. The zero-order chi connectivity index (χ0) is 17.4. The first-order chi connectivity index (χ1) is 10.5. The molecule has 2 rings (SSSR count). The number of benzene rings is 1. The van der Waals surface area contributed by atoms with Crippen LogP contribution in [0.15, 0.2) is 22.7 Å². The summed E-state index contributed by atoms with van der Waals surface area (Å²) < 4.78 is 86.3. The van der Waals surface area contributed by atoms with Gasteiger partial charge in [0.25, 0.3) is 5.89 Å². The Morgan fingerprint density at radius 1 is 1.00 bits per heavy atom. The third-order valence-electron chi connectivity index (χ3n) is 2.77. The minimum Gasteiger partial charge on any atom is -0.481 e. The molecule has 0 aliphatic carbocycles. The number of ether oxygens (including phenoxy) is 1. The summed E-state index contributed by atoms with van der Waals surface area (Å²) in [5.41, 5.74) is -2.92. The van der Waals surface area contributed by atoms with Crippen molar-refractivity contribution in [3.8, 4) is 5.75 Å². The summed E-state index contributed by atoms with van der Waals surface area (Å²) in [7, 11) is 0. The first-order valence-electron chi connectivity index (χ1n) is 6.23. The van der Waals surface area contributed by atoms with E-state index in [1.807, 2.05) is 0 Å². The summed E-state index contributed by atoms with van der Waals surface area (Å²) in [6.07, 6.45) is -10.9. The molecule has 23 heavy (non-hydrogen) atoms. The third-order valence-corrected chi connectivity index (χ3v) is 2.77. The van der Waals surface area contributed by atoms with Crippen LogP contribution in [0.5, 0.6) is 5.75 Å². The van der Waals surface area contributed by atoms with Gasteiger partial charge in [0, 0.05) is 0 Å². The Labute approximate surface area is 126 Å². The summed E-state index contributed by atoms with van der Waals surface area (Å²) in [4.78, 5) is 3.80. The molecule has 0 fully saturated rings. The van der Waals surface area contributed by atoms with E-state index in [0.29, 0.717) is 12.1 Å². The van der Waals surface area contributed by atoms with Crippen molar-refractivity contribution in [1.29, 1.82) is 0 Å². The number of aryl methyl sites for hydroxylation is 1. The molecule has 1 aromatic carbocycles. The fourth-order valence-electron chi connectivity index (χ4n) is 1.73. The van der Waals surface area contributed by atoms with Crippen LogP contribution in [0, 0.1) is 6.92 Å². The first-order valence-corrected chi connectivity index (χ1v) is 6.23. The fourth-order valence-corrected chi connectivity index (χ4v) is 1.73. The van der Waals surface area contributed by atoms with E-state index in [0.717, 1.165) is 0 Å². The molecule has 1 heterocycles. The van der Waals surface area contributed by atoms with Crippen LogP contribution in [0.25, 0.3) is 0 Å². The minimum atomic E-state index is -4.94. The van der Waals surface area contributed by atoms with Crippen LogP contribution < -0.4 is 4.74 Å². The number of hydrogen-bond donors (Lipinski definition) is 0. The standard InChI is InChI=1S/C13H10F6N2O2/c1-6(11-20-7(2)21-23-11)22-10-4-8(12(14,15)16)3-9(5-10)13(17,18)19/h3-6H,1-2H3. The molecule has 10 heteroatoms. The maximum Gasteiger partial charge on any atom is 0.416 e. The van der Waals surface area contributed by atoms with Crippen LogP contribution >= 0.6 is 0 Å². The van der Waals surface area contributed by atoms with Gasteiger partial charge in [0.05, 0.1) is 11.1 Å². The van der Waals surface area contributed by atoms with E-state index in [2.05, 4.69) is 10.1 Å². The highest BCUT2D eigenvalue weighted by Crippen LogP contribution is 2.38. The number of rotatable bonds is 3. The van der Waals surface area contributed by atoms with Gasteiger partial charge in [-0.15, -0.1) is 0 Å². The Morgan fingerprint density at radius 3 is 1.91 bits per heavy atom. The zero-order valence-electron chi connectivity index (χ0n) is 11.8.